The molecule has 424 valence electrons. The largest absolute Gasteiger partial charge is 0.479 e. The summed E-state index contributed by atoms with van der Waals surface area (Å²) in [4.78, 5) is 68.1. The van der Waals surface area contributed by atoms with Crippen LogP contribution in [0.4, 0.5) is 11.5 Å². The van der Waals surface area contributed by atoms with Crippen LogP contribution in [-0.4, -0.2) is 174 Å². The molecule has 4 amide bonds. The summed E-state index contributed by atoms with van der Waals surface area (Å²) in [7, 11) is -4.25. The highest BCUT2D eigenvalue weighted by atomic mass is 32.2. The molecule has 78 heavy (non-hydrogen) atoms. The van der Waals surface area contributed by atoms with E-state index >= 15 is 0 Å². The molecule has 2 aromatic carbocycles. The number of nitrogens with two attached hydrogens (primary N) is 1. The Balaban J connectivity index is 0.920. The second-order valence-corrected chi connectivity index (χ2v) is 21.0. The number of nitrogens with one attached hydrogen (secondary N) is 3. The van der Waals surface area contributed by atoms with Gasteiger partial charge in [-0.15, -0.1) is 0 Å². The fraction of sp³-hybridized carbons (Fsp3) is 0.549. The Labute approximate surface area is 448 Å². The lowest BCUT2D eigenvalue weighted by Gasteiger charge is -2.38. The number of carboxylic acids is 1. The molecule has 0 radical (unpaired) electrons. The molecule has 2 aliphatic heterocycles. The first-order chi connectivity index (χ1) is 37.3. The fourth-order valence-electron chi connectivity index (χ4n) is 10.1. The van der Waals surface area contributed by atoms with Gasteiger partial charge in [0.25, 0.3) is 0 Å². The third-order valence-corrected chi connectivity index (χ3v) is 14.7. The summed E-state index contributed by atoms with van der Waals surface area (Å²) in [6, 6.07) is 14.4. The van der Waals surface area contributed by atoms with E-state index in [-0.39, 0.29) is 139 Å². The van der Waals surface area contributed by atoms with Crippen molar-refractivity contribution in [2.75, 3.05) is 70.0 Å². The van der Waals surface area contributed by atoms with E-state index in [1.807, 2.05) is 33.5 Å². The Morgan fingerprint density at radius 3 is 2.38 bits per heavy atom. The van der Waals surface area contributed by atoms with Crippen LogP contribution in [0.1, 0.15) is 74.2 Å². The lowest BCUT2D eigenvalue weighted by atomic mass is 9.99. The number of aryl methyl sites for hydroxylation is 1. The number of carbonyl (C=O) groups is 5. The van der Waals surface area contributed by atoms with Crippen molar-refractivity contribution in [1.82, 2.24) is 19.8 Å². The van der Waals surface area contributed by atoms with Crippen molar-refractivity contribution in [3.8, 4) is 5.75 Å². The number of aromatic nitrogens is 3. The molecular weight excluding hydrogens is 1040 g/mol. The van der Waals surface area contributed by atoms with Crippen molar-refractivity contribution in [3.63, 3.8) is 0 Å². The van der Waals surface area contributed by atoms with Gasteiger partial charge in [0, 0.05) is 44.1 Å². The molecule has 1 saturated carbocycles. The zero-order valence-electron chi connectivity index (χ0n) is 42.9. The first kappa shape index (κ1) is 57.9. The first-order valence-electron chi connectivity index (χ1n) is 25.8. The average Bonchev–Trinajstić information content (AvgIpc) is 4.23. The number of fused-ring (bicyclic) bond motifs is 2. The summed E-state index contributed by atoms with van der Waals surface area (Å²) in [5, 5.41) is 67.3. The number of aliphatic hydroxyl groups excluding tert-OH is 4. The van der Waals surface area contributed by atoms with Gasteiger partial charge in [0.2, 0.25) is 47.7 Å². The molecule has 27 heteroatoms. The Morgan fingerprint density at radius 2 is 1.65 bits per heavy atom. The van der Waals surface area contributed by atoms with Crippen molar-refractivity contribution >= 4 is 62.4 Å². The highest BCUT2D eigenvalue weighted by molar-refractivity contribution is 7.84. The second-order valence-electron chi connectivity index (χ2n) is 19.8. The molecular formula is C51H67N8O18S+. The molecule has 8 rings (SSSR count). The summed E-state index contributed by atoms with van der Waals surface area (Å²) >= 11 is 0. The van der Waals surface area contributed by atoms with Gasteiger partial charge in [0.15, 0.2) is 6.10 Å². The van der Waals surface area contributed by atoms with Gasteiger partial charge >= 0.3 is 16.3 Å². The number of carbonyl (C=O) groups excluding carboxylic acids is 4. The number of likely N-dealkylation sites (tertiary alicyclic amines) is 1. The van der Waals surface area contributed by atoms with Gasteiger partial charge in [-0.2, -0.15) is 8.42 Å². The molecule has 10 N–H and O–H groups in total. The van der Waals surface area contributed by atoms with Crippen LogP contribution in [0.15, 0.2) is 61.1 Å². The Bertz CT molecular complexity index is 2910. The number of hydrogen-bond donors (Lipinski definition) is 9. The summed E-state index contributed by atoms with van der Waals surface area (Å²) in [6.07, 6.45) is -4.69. The minimum atomic E-state index is -4.25. The molecule has 2 aromatic heterocycles. The van der Waals surface area contributed by atoms with E-state index < -0.39 is 64.9 Å². The number of rotatable bonds is 27. The molecule has 0 bridgehead atoms. The molecule has 26 nitrogen and oxygen atoms in total. The molecule has 4 aromatic rings. The van der Waals surface area contributed by atoms with Crippen LogP contribution in [-0.2, 0) is 70.4 Å². The standard InChI is InChI=1S/C51H66N8O18S/c1-29-22-42(63)59(49(29)67)15-17-73-19-21-74-20-18-72-16-12-40(61)53-13-10-41(62)55-37-23-30(6-9-39(37)76-51-45(66)43(64)44(65)46(77-51)50(68)69)26-57-28-54-47(56-36-8-7-31-4-2-3-5-34(31)36)35-11-14-58(48(35)57)33-24-32(38(60)25-33)27-75-78(52,70)71/h2-6,9,11,14,23,28-29,32-33,36,38,43-46,51,60,64-66H,7-8,10,12-13,15-22,24-27H2,1H3,(H5,52,53,55,61,62,68,69,70,71)/p+1/t29?,32-,33+,36-,38-,43+,44+,45-,46+,51-/m1/s1. The van der Waals surface area contributed by atoms with Crippen LogP contribution in [0.3, 0.4) is 0 Å². The topological polar surface area (TPSA) is 363 Å². The van der Waals surface area contributed by atoms with Gasteiger partial charge in [0.1, 0.15) is 29.4 Å². The minimum Gasteiger partial charge on any atom is -0.479 e. The number of benzene rings is 2. The second kappa shape index (κ2) is 26.1. The molecule has 10 atom stereocenters. The number of anilines is 2. The summed E-state index contributed by atoms with van der Waals surface area (Å²) < 4.78 is 59.8. The smallest absolute Gasteiger partial charge is 0.335 e. The van der Waals surface area contributed by atoms with Crippen LogP contribution in [0.5, 0.6) is 5.75 Å². The Morgan fingerprint density at radius 1 is 0.910 bits per heavy atom. The third kappa shape index (κ3) is 14.5. The number of carboxylic acid groups (broad SMARTS) is 1. The van der Waals surface area contributed by atoms with Gasteiger partial charge in [-0.3, -0.25) is 32.8 Å². The number of aliphatic carboxylic acids is 1. The highest BCUT2D eigenvalue weighted by Gasteiger charge is 2.48. The van der Waals surface area contributed by atoms with Crippen LogP contribution in [0.25, 0.3) is 11.0 Å². The first-order valence-corrected chi connectivity index (χ1v) is 27.3. The molecule has 4 aliphatic rings. The van der Waals surface area contributed by atoms with E-state index in [9.17, 15) is 57.9 Å². The predicted octanol–water partition coefficient (Wildman–Crippen LogP) is -0.446. The zero-order chi connectivity index (χ0) is 55.7. The van der Waals surface area contributed by atoms with Crippen molar-refractivity contribution < 1.29 is 90.4 Å². The lowest BCUT2D eigenvalue weighted by Crippen LogP contribution is -2.61. The van der Waals surface area contributed by atoms with E-state index in [0.717, 1.165) is 18.2 Å². The molecule has 0 spiro atoms. The number of ether oxygens (including phenoxy) is 5. The normalized spacial score (nSPS) is 25.1. The van der Waals surface area contributed by atoms with Gasteiger partial charge in [-0.25, -0.2) is 14.5 Å². The number of nitrogens with zero attached hydrogens (tertiary/aromatic N) is 4. The van der Waals surface area contributed by atoms with E-state index in [4.69, 9.17) is 38.0 Å². The van der Waals surface area contributed by atoms with Gasteiger partial charge in [0.05, 0.1) is 89.4 Å². The zero-order valence-corrected chi connectivity index (χ0v) is 43.7. The lowest BCUT2D eigenvalue weighted by molar-refractivity contribution is -0.668. The van der Waals surface area contributed by atoms with E-state index in [1.54, 1.807) is 25.4 Å². The van der Waals surface area contributed by atoms with Gasteiger partial charge in [-0.05, 0) is 54.2 Å². The molecule has 2 saturated heterocycles. The minimum absolute atomic E-state index is 0.0113. The SMILES string of the molecule is CC1CC(=O)N(CCOCCOCCOCCC(=O)NCCC(=O)Nc2cc(C[n+]3cnc(N[C@@H]4CCc5ccccc54)c4ccn([C@H]5C[C@H](COS(N)(=O)=O)[C@H](O)C5)c43)ccc2O[C@@H]2O[C@H](C(=O)O)[C@@H](O)[C@H](O)[C@H]2O)C1=O. The van der Waals surface area contributed by atoms with E-state index in [2.05, 4.69) is 28.1 Å². The average molecular weight is 1110 g/mol. The highest BCUT2D eigenvalue weighted by Crippen LogP contribution is 2.40. The molecule has 1 unspecified atom stereocenters. The molecule has 3 fully saturated rings. The van der Waals surface area contributed by atoms with E-state index in [0.29, 0.717) is 23.4 Å². The van der Waals surface area contributed by atoms with Crippen LogP contribution in [0.2, 0.25) is 0 Å². The van der Waals surface area contributed by atoms with E-state index in [1.165, 1.54) is 22.1 Å². The Kier molecular flexibility index (Phi) is 19.4. The summed E-state index contributed by atoms with van der Waals surface area (Å²) in [5.41, 5.74) is 3.71. The maximum Gasteiger partial charge on any atom is 0.335 e. The fourth-order valence-corrected chi connectivity index (χ4v) is 10.5. The monoisotopic (exact) mass is 1110 g/mol. The summed E-state index contributed by atoms with van der Waals surface area (Å²) in [6.45, 7) is 2.86. The third-order valence-electron chi connectivity index (χ3n) is 14.2. The van der Waals surface area contributed by atoms with Crippen LogP contribution < -0.4 is 30.4 Å². The van der Waals surface area contributed by atoms with Crippen molar-refractivity contribution in [3.05, 3.63) is 77.7 Å². The summed E-state index contributed by atoms with van der Waals surface area (Å²) in [5.74, 6) is -3.35. The Hall–Kier alpha value is -6.24. The van der Waals surface area contributed by atoms with Crippen molar-refractivity contribution in [2.24, 2.45) is 17.0 Å². The van der Waals surface area contributed by atoms with Crippen LogP contribution in [0, 0.1) is 11.8 Å². The van der Waals surface area contributed by atoms with Crippen molar-refractivity contribution in [2.45, 2.75) is 107 Å². The number of aliphatic hydroxyl groups is 4. The van der Waals surface area contributed by atoms with Crippen LogP contribution >= 0.6 is 0 Å². The van der Waals surface area contributed by atoms with Gasteiger partial charge < -0.3 is 65.2 Å². The quantitative estimate of drug-likeness (QED) is 0.0207. The van der Waals surface area contributed by atoms with Gasteiger partial charge in [-0.1, -0.05) is 42.2 Å². The number of hydrogen-bond acceptors (Lipinski definition) is 19. The number of imide groups is 1. The predicted molar refractivity (Wildman–Crippen MR) is 272 cm³/mol. The number of amides is 4. The maximum absolute atomic E-state index is 13.6. The molecule has 2 aliphatic carbocycles. The van der Waals surface area contributed by atoms with Crippen molar-refractivity contribution in [1.29, 1.82) is 0 Å². The molecule has 4 heterocycles. The maximum atomic E-state index is 13.6.